The van der Waals surface area contributed by atoms with Crippen LogP contribution in [0.4, 0.5) is 13.2 Å². The molecule has 2 nitrogen and oxygen atoms in total. The van der Waals surface area contributed by atoms with Crippen molar-refractivity contribution in [1.29, 1.82) is 0 Å². The molecule has 0 saturated carbocycles. The number of aryl methyl sites for hydroxylation is 1. The summed E-state index contributed by atoms with van der Waals surface area (Å²) in [5, 5.41) is 10.1. The number of aliphatic hydroxyl groups is 1. The number of alkyl halides is 3. The first-order chi connectivity index (χ1) is 8.34. The Morgan fingerprint density at radius 1 is 1.33 bits per heavy atom. The van der Waals surface area contributed by atoms with Gasteiger partial charge in [-0.1, -0.05) is 0 Å². The summed E-state index contributed by atoms with van der Waals surface area (Å²) in [7, 11) is 0. The zero-order valence-electron chi connectivity index (χ0n) is 10.1. The predicted molar refractivity (Wildman–Crippen MR) is 63.2 cm³/mol. The van der Waals surface area contributed by atoms with Gasteiger partial charge in [0, 0.05) is 29.2 Å². The summed E-state index contributed by atoms with van der Waals surface area (Å²) in [5.74, 6) is 0. The smallest absolute Gasteiger partial charge is 0.389 e. The fourth-order valence-corrected chi connectivity index (χ4v) is 2.10. The van der Waals surface area contributed by atoms with Crippen molar-refractivity contribution in [2.45, 2.75) is 32.7 Å². The molecule has 0 amide bonds. The van der Waals surface area contributed by atoms with Crippen LogP contribution in [0.5, 0.6) is 0 Å². The molecule has 0 bridgehead atoms. The number of hydrogen-bond acceptors (Lipinski definition) is 1. The molecule has 0 spiro atoms. The molecule has 1 aromatic carbocycles. The third-order valence-corrected chi connectivity index (χ3v) is 3.03. The van der Waals surface area contributed by atoms with E-state index in [0.29, 0.717) is 23.0 Å². The minimum Gasteiger partial charge on any atom is -0.389 e. The molecule has 0 radical (unpaired) electrons. The Balaban J connectivity index is 2.71. The highest BCUT2D eigenvalue weighted by molar-refractivity contribution is 5.85. The van der Waals surface area contributed by atoms with Crippen LogP contribution in [0.15, 0.2) is 24.4 Å². The van der Waals surface area contributed by atoms with Gasteiger partial charge < -0.3 is 9.67 Å². The van der Waals surface area contributed by atoms with Gasteiger partial charge in [-0.25, -0.2) is 0 Å². The zero-order valence-corrected chi connectivity index (χ0v) is 10.1. The van der Waals surface area contributed by atoms with Crippen molar-refractivity contribution >= 4 is 10.9 Å². The van der Waals surface area contributed by atoms with E-state index in [1.54, 1.807) is 13.1 Å². The van der Waals surface area contributed by atoms with Crippen LogP contribution in [0.1, 0.15) is 31.1 Å². The number of hydrogen-bond donors (Lipinski definition) is 1. The van der Waals surface area contributed by atoms with E-state index in [1.165, 1.54) is 6.07 Å². The monoisotopic (exact) mass is 257 g/mol. The highest BCUT2D eigenvalue weighted by atomic mass is 19.4. The first kappa shape index (κ1) is 13.0. The van der Waals surface area contributed by atoms with Gasteiger partial charge in [0.25, 0.3) is 0 Å². The topological polar surface area (TPSA) is 25.2 Å². The molecule has 0 aliphatic carbocycles. The zero-order chi connectivity index (χ0) is 13.5. The number of rotatable bonds is 2. The fourth-order valence-electron chi connectivity index (χ4n) is 2.10. The van der Waals surface area contributed by atoms with Crippen LogP contribution in [0.25, 0.3) is 10.9 Å². The SMILES string of the molecule is CCn1cc(C(C)O)c2cc(C(F)(F)F)ccc21. The highest BCUT2D eigenvalue weighted by Crippen LogP contribution is 2.34. The van der Waals surface area contributed by atoms with Crippen LogP contribution >= 0.6 is 0 Å². The Hall–Kier alpha value is -1.49. The van der Waals surface area contributed by atoms with Crippen molar-refractivity contribution in [1.82, 2.24) is 4.57 Å². The van der Waals surface area contributed by atoms with Gasteiger partial charge >= 0.3 is 6.18 Å². The predicted octanol–water partition coefficient (Wildman–Crippen LogP) is 3.73. The normalized spacial score (nSPS) is 14.1. The van der Waals surface area contributed by atoms with E-state index in [-0.39, 0.29) is 0 Å². The van der Waals surface area contributed by atoms with Gasteiger partial charge in [-0.2, -0.15) is 13.2 Å². The first-order valence-electron chi connectivity index (χ1n) is 5.72. The number of aromatic nitrogens is 1. The summed E-state index contributed by atoms with van der Waals surface area (Å²) in [5.41, 5.74) is 0.546. The van der Waals surface area contributed by atoms with E-state index < -0.39 is 17.8 Å². The summed E-state index contributed by atoms with van der Waals surface area (Å²) in [6.45, 7) is 4.10. The van der Waals surface area contributed by atoms with Crippen molar-refractivity contribution in [3.8, 4) is 0 Å². The number of fused-ring (bicyclic) bond motifs is 1. The third-order valence-electron chi connectivity index (χ3n) is 3.03. The van der Waals surface area contributed by atoms with E-state index in [1.807, 2.05) is 11.5 Å². The molecule has 5 heteroatoms. The van der Waals surface area contributed by atoms with Crippen molar-refractivity contribution in [3.63, 3.8) is 0 Å². The molecular formula is C13H14F3NO. The summed E-state index contributed by atoms with van der Waals surface area (Å²) in [6.07, 6.45) is -3.45. The lowest BCUT2D eigenvalue weighted by Gasteiger charge is -2.08. The Bertz CT molecular complexity index is 569. The summed E-state index contributed by atoms with van der Waals surface area (Å²) >= 11 is 0. The summed E-state index contributed by atoms with van der Waals surface area (Å²) < 4.78 is 39.8. The second kappa shape index (κ2) is 4.31. The molecule has 0 fully saturated rings. The van der Waals surface area contributed by atoms with Crippen LogP contribution in [0.3, 0.4) is 0 Å². The maximum Gasteiger partial charge on any atom is 0.416 e. The average molecular weight is 257 g/mol. The second-order valence-electron chi connectivity index (χ2n) is 4.28. The lowest BCUT2D eigenvalue weighted by Crippen LogP contribution is -2.04. The number of benzene rings is 1. The Morgan fingerprint density at radius 2 is 2.00 bits per heavy atom. The van der Waals surface area contributed by atoms with Crippen LogP contribution in [0, 0.1) is 0 Å². The molecule has 18 heavy (non-hydrogen) atoms. The minimum atomic E-state index is -4.36. The molecule has 0 aliphatic heterocycles. The molecule has 1 aromatic heterocycles. The summed E-state index contributed by atoms with van der Waals surface area (Å²) in [4.78, 5) is 0. The molecule has 1 unspecified atom stereocenters. The maximum absolute atomic E-state index is 12.7. The summed E-state index contributed by atoms with van der Waals surface area (Å²) in [6, 6.07) is 3.62. The van der Waals surface area contributed by atoms with Crippen molar-refractivity contribution < 1.29 is 18.3 Å². The third kappa shape index (κ3) is 2.10. The van der Waals surface area contributed by atoms with Crippen molar-refractivity contribution in [3.05, 3.63) is 35.5 Å². The molecule has 2 rings (SSSR count). The van der Waals surface area contributed by atoms with Crippen molar-refractivity contribution in [2.75, 3.05) is 0 Å². The lowest BCUT2D eigenvalue weighted by molar-refractivity contribution is -0.137. The van der Waals surface area contributed by atoms with Gasteiger partial charge in [-0.15, -0.1) is 0 Å². The molecule has 98 valence electrons. The standard InChI is InChI=1S/C13H14F3NO/c1-3-17-7-11(8(2)18)10-6-9(13(14,15)16)4-5-12(10)17/h4-8,18H,3H2,1-2H3. The van der Waals surface area contributed by atoms with Crippen LogP contribution in [-0.4, -0.2) is 9.67 Å². The van der Waals surface area contributed by atoms with E-state index in [4.69, 9.17) is 0 Å². The fraction of sp³-hybridized carbons (Fsp3) is 0.385. The van der Waals surface area contributed by atoms with Crippen LogP contribution in [0.2, 0.25) is 0 Å². The quantitative estimate of drug-likeness (QED) is 0.871. The average Bonchev–Trinajstić information content (AvgIpc) is 2.65. The number of halogens is 3. The van der Waals surface area contributed by atoms with Gasteiger partial charge in [0.2, 0.25) is 0 Å². The highest BCUT2D eigenvalue weighted by Gasteiger charge is 2.31. The molecule has 1 atom stereocenters. The van der Waals surface area contributed by atoms with E-state index in [0.717, 1.165) is 12.1 Å². The van der Waals surface area contributed by atoms with Gasteiger partial charge in [0.15, 0.2) is 0 Å². The molecular weight excluding hydrogens is 243 g/mol. The van der Waals surface area contributed by atoms with Gasteiger partial charge in [-0.3, -0.25) is 0 Å². The molecule has 0 saturated heterocycles. The molecule has 2 aromatic rings. The number of nitrogens with zero attached hydrogens (tertiary/aromatic N) is 1. The van der Waals surface area contributed by atoms with Crippen LogP contribution in [-0.2, 0) is 12.7 Å². The first-order valence-corrected chi connectivity index (χ1v) is 5.72. The lowest BCUT2D eigenvalue weighted by atomic mass is 10.1. The Labute approximate surface area is 103 Å². The molecule has 1 N–H and O–H groups in total. The molecule has 1 heterocycles. The van der Waals surface area contributed by atoms with E-state index in [9.17, 15) is 18.3 Å². The van der Waals surface area contributed by atoms with Crippen LogP contribution < -0.4 is 0 Å². The molecule has 0 aliphatic rings. The second-order valence-corrected chi connectivity index (χ2v) is 4.28. The van der Waals surface area contributed by atoms with E-state index in [2.05, 4.69) is 0 Å². The largest absolute Gasteiger partial charge is 0.416 e. The Kier molecular flexibility index (Phi) is 3.11. The minimum absolute atomic E-state index is 0.460. The maximum atomic E-state index is 12.7. The van der Waals surface area contributed by atoms with Crippen molar-refractivity contribution in [2.24, 2.45) is 0 Å². The van der Waals surface area contributed by atoms with Gasteiger partial charge in [0.05, 0.1) is 11.7 Å². The van der Waals surface area contributed by atoms with Gasteiger partial charge in [0.1, 0.15) is 0 Å². The Morgan fingerprint density at radius 3 is 2.50 bits per heavy atom. The van der Waals surface area contributed by atoms with Gasteiger partial charge in [-0.05, 0) is 32.0 Å². The number of aliphatic hydroxyl groups excluding tert-OH is 1. The van der Waals surface area contributed by atoms with E-state index >= 15 is 0 Å².